The molecule has 1 amide bonds. The molecular formula is C14H17N5O3S2. The third-order valence-corrected chi connectivity index (χ3v) is 6.48. The van der Waals surface area contributed by atoms with Crippen LogP contribution < -0.4 is 5.32 Å². The summed E-state index contributed by atoms with van der Waals surface area (Å²) < 4.78 is 27.1. The van der Waals surface area contributed by atoms with Crippen LogP contribution in [0.25, 0.3) is 0 Å². The third-order valence-electron chi connectivity index (χ3n) is 3.59. The van der Waals surface area contributed by atoms with Crippen molar-refractivity contribution in [1.82, 2.24) is 19.1 Å². The molecule has 3 rings (SSSR count). The predicted molar refractivity (Wildman–Crippen MR) is 90.6 cm³/mol. The number of nitrogens with zero attached hydrogens (tertiary/aromatic N) is 4. The van der Waals surface area contributed by atoms with Gasteiger partial charge in [-0.2, -0.15) is 0 Å². The van der Waals surface area contributed by atoms with E-state index in [0.717, 1.165) is 28.2 Å². The predicted octanol–water partition coefficient (Wildman–Crippen LogP) is 1.28. The topological polar surface area (TPSA) is 97.2 Å². The number of carbonyl (C=O) groups excluding carboxylic acids is 1. The number of benzene rings is 1. The molecule has 1 aromatic heterocycles. The zero-order valence-corrected chi connectivity index (χ0v) is 14.9. The molecule has 128 valence electrons. The lowest BCUT2D eigenvalue weighted by Gasteiger charge is -2.14. The highest BCUT2D eigenvalue weighted by atomic mass is 32.2. The Labute approximate surface area is 144 Å². The maximum Gasteiger partial charge on any atom is 0.258 e. The second kappa shape index (κ2) is 6.54. The fourth-order valence-corrected chi connectivity index (χ4v) is 4.03. The minimum Gasteiger partial charge on any atom is -0.290 e. The first-order valence-corrected chi connectivity index (χ1v) is 9.72. The zero-order chi connectivity index (χ0) is 17.3. The number of hydrogen-bond donors (Lipinski definition) is 1. The molecule has 1 N–H and O–H groups in total. The summed E-state index contributed by atoms with van der Waals surface area (Å²) in [5, 5.41) is 11.6. The molecule has 1 aromatic carbocycles. The van der Waals surface area contributed by atoms with E-state index in [9.17, 15) is 13.2 Å². The average Bonchev–Trinajstić information content (AvgIpc) is 2.98. The van der Waals surface area contributed by atoms with Crippen molar-refractivity contribution in [2.45, 2.75) is 23.0 Å². The number of anilines is 1. The van der Waals surface area contributed by atoms with Gasteiger partial charge in [-0.3, -0.25) is 14.7 Å². The molecule has 0 aliphatic carbocycles. The van der Waals surface area contributed by atoms with Gasteiger partial charge in [0.15, 0.2) is 5.16 Å². The number of carbonyl (C=O) groups is 1. The first-order chi connectivity index (χ1) is 11.4. The molecule has 8 nitrogen and oxygen atoms in total. The van der Waals surface area contributed by atoms with E-state index in [-0.39, 0.29) is 10.8 Å². The molecule has 0 bridgehead atoms. The largest absolute Gasteiger partial charge is 0.290 e. The molecule has 2 aromatic rings. The van der Waals surface area contributed by atoms with Crippen molar-refractivity contribution >= 4 is 33.6 Å². The number of amides is 1. The average molecular weight is 367 g/mol. The zero-order valence-electron chi connectivity index (χ0n) is 13.3. The Morgan fingerprint density at radius 3 is 2.62 bits per heavy atom. The Hall–Kier alpha value is -1.91. The van der Waals surface area contributed by atoms with Crippen LogP contribution >= 0.6 is 11.8 Å². The second-order valence-electron chi connectivity index (χ2n) is 5.43. The Morgan fingerprint density at radius 1 is 1.25 bits per heavy atom. The van der Waals surface area contributed by atoms with Crippen LogP contribution in [0.1, 0.15) is 16.8 Å². The molecule has 24 heavy (non-hydrogen) atoms. The minimum absolute atomic E-state index is 0.139. The van der Waals surface area contributed by atoms with E-state index < -0.39 is 10.0 Å². The maximum atomic E-state index is 12.3. The van der Waals surface area contributed by atoms with Crippen molar-refractivity contribution in [3.63, 3.8) is 0 Å². The van der Waals surface area contributed by atoms with Gasteiger partial charge < -0.3 is 0 Å². The molecule has 0 fully saturated rings. The van der Waals surface area contributed by atoms with Gasteiger partial charge in [-0.15, -0.1) is 10.2 Å². The second-order valence-corrected chi connectivity index (χ2v) is 8.64. The lowest BCUT2D eigenvalue weighted by Crippen LogP contribution is -2.22. The van der Waals surface area contributed by atoms with Crippen molar-refractivity contribution in [2.24, 2.45) is 0 Å². The number of hydrogen-bond acceptors (Lipinski definition) is 6. The van der Waals surface area contributed by atoms with Gasteiger partial charge in [-0.05, 0) is 30.7 Å². The molecule has 0 saturated carbocycles. The smallest absolute Gasteiger partial charge is 0.258 e. The monoisotopic (exact) mass is 367 g/mol. The lowest BCUT2D eigenvalue weighted by molar-refractivity contribution is 0.102. The van der Waals surface area contributed by atoms with E-state index in [0.29, 0.717) is 11.5 Å². The molecule has 10 heteroatoms. The Balaban J connectivity index is 1.78. The van der Waals surface area contributed by atoms with Gasteiger partial charge in [0.05, 0.1) is 4.90 Å². The van der Waals surface area contributed by atoms with E-state index in [1.807, 2.05) is 4.57 Å². The molecule has 2 heterocycles. The Kier molecular flexibility index (Phi) is 4.61. The Morgan fingerprint density at radius 2 is 1.96 bits per heavy atom. The van der Waals surface area contributed by atoms with Crippen LogP contribution in [0, 0.1) is 0 Å². The quantitative estimate of drug-likeness (QED) is 0.874. The number of aromatic nitrogens is 3. The van der Waals surface area contributed by atoms with Gasteiger partial charge in [-0.1, -0.05) is 11.8 Å². The van der Waals surface area contributed by atoms with E-state index in [2.05, 4.69) is 15.5 Å². The maximum absolute atomic E-state index is 12.3. The van der Waals surface area contributed by atoms with Crippen LogP contribution in [0.5, 0.6) is 0 Å². The van der Waals surface area contributed by atoms with Crippen LogP contribution in [0.2, 0.25) is 0 Å². The number of fused-ring (bicyclic) bond motifs is 1. The van der Waals surface area contributed by atoms with Crippen LogP contribution in [-0.4, -0.2) is 53.2 Å². The fourth-order valence-electron chi connectivity index (χ4n) is 2.24. The van der Waals surface area contributed by atoms with Crippen molar-refractivity contribution < 1.29 is 13.2 Å². The summed E-state index contributed by atoms with van der Waals surface area (Å²) >= 11 is 1.61. The SMILES string of the molecule is CN(C)S(=O)(=O)c1ccc(C(=O)Nc2nnc3n2CCCS3)cc1. The van der Waals surface area contributed by atoms with Crippen molar-refractivity contribution in [1.29, 1.82) is 0 Å². The number of thioether (sulfide) groups is 1. The van der Waals surface area contributed by atoms with Crippen LogP contribution in [-0.2, 0) is 16.6 Å². The van der Waals surface area contributed by atoms with Gasteiger partial charge in [0.25, 0.3) is 5.91 Å². The first kappa shape index (κ1) is 16.9. The number of sulfonamides is 1. The molecule has 0 saturated heterocycles. The summed E-state index contributed by atoms with van der Waals surface area (Å²) in [6.07, 6.45) is 0.996. The summed E-state index contributed by atoms with van der Waals surface area (Å²) in [6, 6.07) is 5.79. The van der Waals surface area contributed by atoms with Crippen LogP contribution in [0.3, 0.4) is 0 Å². The van der Waals surface area contributed by atoms with Crippen molar-refractivity contribution in [3.05, 3.63) is 29.8 Å². The molecule has 0 spiro atoms. The minimum atomic E-state index is -3.51. The molecule has 0 atom stereocenters. The summed E-state index contributed by atoms with van der Waals surface area (Å²) in [6.45, 7) is 0.769. The van der Waals surface area contributed by atoms with Crippen molar-refractivity contribution in [3.8, 4) is 0 Å². The van der Waals surface area contributed by atoms with Gasteiger partial charge in [0.2, 0.25) is 16.0 Å². The highest BCUT2D eigenvalue weighted by Gasteiger charge is 2.20. The lowest BCUT2D eigenvalue weighted by atomic mass is 10.2. The summed E-state index contributed by atoms with van der Waals surface area (Å²) in [7, 11) is -0.588. The van der Waals surface area contributed by atoms with Crippen LogP contribution in [0.15, 0.2) is 34.3 Å². The van der Waals surface area contributed by atoms with E-state index in [1.54, 1.807) is 11.8 Å². The van der Waals surface area contributed by atoms with Gasteiger partial charge >= 0.3 is 0 Å². The molecule has 1 aliphatic heterocycles. The highest BCUT2D eigenvalue weighted by Crippen LogP contribution is 2.25. The standard InChI is InChI=1S/C14H17N5O3S2/c1-18(2)24(21,22)11-6-4-10(5-7-11)12(20)15-13-16-17-14-19(13)8-3-9-23-14/h4-7H,3,8-9H2,1-2H3,(H,15,16,20). The van der Waals surface area contributed by atoms with E-state index in [4.69, 9.17) is 0 Å². The van der Waals surface area contributed by atoms with Gasteiger partial charge in [0, 0.05) is 32.0 Å². The van der Waals surface area contributed by atoms with E-state index >= 15 is 0 Å². The fraction of sp³-hybridized carbons (Fsp3) is 0.357. The number of rotatable bonds is 4. The number of nitrogens with one attached hydrogen (secondary N) is 1. The normalized spacial score (nSPS) is 14.5. The molecule has 0 unspecified atom stereocenters. The molecular weight excluding hydrogens is 350 g/mol. The Bertz CT molecular complexity index is 859. The van der Waals surface area contributed by atoms with Crippen molar-refractivity contribution in [2.75, 3.05) is 25.2 Å². The molecule has 0 radical (unpaired) electrons. The summed E-state index contributed by atoms with van der Waals surface area (Å²) in [5.41, 5.74) is 0.355. The summed E-state index contributed by atoms with van der Waals surface area (Å²) in [5.74, 6) is 1.05. The summed E-state index contributed by atoms with van der Waals surface area (Å²) in [4.78, 5) is 12.5. The molecule has 1 aliphatic rings. The van der Waals surface area contributed by atoms with Gasteiger partial charge in [0.1, 0.15) is 0 Å². The van der Waals surface area contributed by atoms with E-state index in [1.165, 1.54) is 38.4 Å². The van der Waals surface area contributed by atoms with Crippen LogP contribution in [0.4, 0.5) is 5.95 Å². The van der Waals surface area contributed by atoms with Gasteiger partial charge in [-0.25, -0.2) is 12.7 Å². The third kappa shape index (κ3) is 3.17. The first-order valence-electron chi connectivity index (χ1n) is 7.29. The highest BCUT2D eigenvalue weighted by molar-refractivity contribution is 7.99.